The number of benzene rings is 2. The fraction of sp³-hybridized carbons (Fsp3) is 0.222. The highest BCUT2D eigenvalue weighted by molar-refractivity contribution is 6.02. The van der Waals surface area contributed by atoms with Crippen LogP contribution in [0.25, 0.3) is 11.1 Å². The lowest BCUT2D eigenvalue weighted by atomic mass is 9.99. The first kappa shape index (κ1) is 16.7. The van der Waals surface area contributed by atoms with Crippen molar-refractivity contribution in [3.63, 3.8) is 0 Å². The van der Waals surface area contributed by atoms with Gasteiger partial charge in [0, 0.05) is 5.56 Å². The summed E-state index contributed by atoms with van der Waals surface area (Å²) in [6.45, 7) is 1.34. The normalized spacial score (nSPS) is 11.6. The summed E-state index contributed by atoms with van der Waals surface area (Å²) < 4.78 is 4.83. The molecule has 0 aliphatic heterocycles. The third kappa shape index (κ3) is 4.17. The maximum Gasteiger partial charge on any atom is 0.331 e. The Bertz CT molecular complexity index is 670. The molecule has 0 fully saturated rings. The highest BCUT2D eigenvalue weighted by Gasteiger charge is 2.23. The lowest BCUT2D eigenvalue weighted by Crippen LogP contribution is -2.44. The molecule has 0 aliphatic rings. The Morgan fingerprint density at radius 1 is 1.09 bits per heavy atom. The van der Waals surface area contributed by atoms with E-state index in [1.54, 1.807) is 19.1 Å². The van der Waals surface area contributed by atoms with E-state index in [4.69, 9.17) is 4.74 Å². The molecule has 0 bridgehead atoms. The second-order valence-corrected chi connectivity index (χ2v) is 4.87. The van der Waals surface area contributed by atoms with Gasteiger partial charge in [-0.15, -0.1) is 0 Å². The molecule has 5 nitrogen and oxygen atoms in total. The number of aliphatic hydroxyl groups excluding tert-OH is 1. The molecule has 0 spiro atoms. The lowest BCUT2D eigenvalue weighted by Gasteiger charge is -2.16. The number of rotatable bonds is 6. The van der Waals surface area contributed by atoms with Gasteiger partial charge in [-0.25, -0.2) is 4.79 Å². The Morgan fingerprint density at radius 3 is 2.39 bits per heavy atom. The molecule has 0 radical (unpaired) electrons. The first-order valence-corrected chi connectivity index (χ1v) is 7.40. The zero-order valence-corrected chi connectivity index (χ0v) is 12.9. The minimum absolute atomic E-state index is 0.186. The van der Waals surface area contributed by atoms with Crippen LogP contribution in [0.4, 0.5) is 0 Å². The minimum Gasteiger partial charge on any atom is -0.464 e. The van der Waals surface area contributed by atoms with E-state index in [1.807, 2.05) is 42.5 Å². The predicted molar refractivity (Wildman–Crippen MR) is 86.9 cm³/mol. The van der Waals surface area contributed by atoms with Crippen LogP contribution in [0.5, 0.6) is 0 Å². The van der Waals surface area contributed by atoms with Crippen molar-refractivity contribution >= 4 is 11.9 Å². The Kier molecular flexibility index (Phi) is 5.88. The van der Waals surface area contributed by atoms with Gasteiger partial charge in [0.2, 0.25) is 0 Å². The molecule has 0 saturated carbocycles. The van der Waals surface area contributed by atoms with E-state index in [-0.39, 0.29) is 6.61 Å². The van der Waals surface area contributed by atoms with E-state index >= 15 is 0 Å². The molecule has 0 aromatic heterocycles. The summed E-state index contributed by atoms with van der Waals surface area (Å²) in [5.41, 5.74) is 2.09. The van der Waals surface area contributed by atoms with Crippen LogP contribution >= 0.6 is 0 Å². The summed E-state index contributed by atoms with van der Waals surface area (Å²) in [6.07, 6.45) is 0. The highest BCUT2D eigenvalue weighted by Crippen LogP contribution is 2.23. The van der Waals surface area contributed by atoms with E-state index in [0.717, 1.165) is 11.1 Å². The van der Waals surface area contributed by atoms with Crippen molar-refractivity contribution in [2.24, 2.45) is 0 Å². The van der Waals surface area contributed by atoms with Crippen molar-refractivity contribution in [2.45, 2.75) is 13.0 Å². The fourth-order valence-corrected chi connectivity index (χ4v) is 2.21. The fourth-order valence-electron chi connectivity index (χ4n) is 2.21. The van der Waals surface area contributed by atoms with Gasteiger partial charge in [0.25, 0.3) is 5.91 Å². The van der Waals surface area contributed by atoms with Gasteiger partial charge in [0.05, 0.1) is 13.2 Å². The van der Waals surface area contributed by atoms with Crippen LogP contribution in [-0.2, 0) is 9.53 Å². The number of hydrogen-bond donors (Lipinski definition) is 2. The average molecular weight is 313 g/mol. The van der Waals surface area contributed by atoms with Gasteiger partial charge in [-0.05, 0) is 24.1 Å². The Morgan fingerprint density at radius 2 is 1.74 bits per heavy atom. The number of hydrogen-bond acceptors (Lipinski definition) is 4. The number of carbonyl (C=O) groups is 2. The lowest BCUT2D eigenvalue weighted by molar-refractivity contribution is -0.146. The van der Waals surface area contributed by atoms with Crippen LogP contribution in [0.2, 0.25) is 0 Å². The van der Waals surface area contributed by atoms with Gasteiger partial charge in [0.15, 0.2) is 6.04 Å². The van der Waals surface area contributed by atoms with Crippen molar-refractivity contribution in [2.75, 3.05) is 13.2 Å². The highest BCUT2D eigenvalue weighted by atomic mass is 16.5. The van der Waals surface area contributed by atoms with E-state index in [2.05, 4.69) is 5.32 Å². The number of nitrogens with one attached hydrogen (secondary N) is 1. The molecule has 23 heavy (non-hydrogen) atoms. The van der Waals surface area contributed by atoms with E-state index in [0.29, 0.717) is 5.56 Å². The smallest absolute Gasteiger partial charge is 0.331 e. The first-order chi connectivity index (χ1) is 11.2. The average Bonchev–Trinajstić information content (AvgIpc) is 2.60. The molecular weight excluding hydrogens is 294 g/mol. The van der Waals surface area contributed by atoms with Crippen LogP contribution in [0.1, 0.15) is 17.3 Å². The molecular formula is C18H19NO4. The third-order valence-electron chi connectivity index (χ3n) is 3.32. The zero-order chi connectivity index (χ0) is 16.7. The SMILES string of the molecule is CCOC(=O)[C@H](CO)NC(=O)c1ccccc1-c1ccccc1. The maximum atomic E-state index is 12.5. The van der Waals surface area contributed by atoms with Gasteiger partial charge in [-0.3, -0.25) is 4.79 Å². The molecule has 2 aromatic rings. The molecule has 0 heterocycles. The predicted octanol–water partition coefficient (Wildman–Crippen LogP) is 2.01. The summed E-state index contributed by atoms with van der Waals surface area (Å²) in [4.78, 5) is 24.2. The van der Waals surface area contributed by atoms with Crippen LogP contribution < -0.4 is 5.32 Å². The molecule has 1 amide bonds. The number of aliphatic hydroxyl groups is 1. The van der Waals surface area contributed by atoms with Gasteiger partial charge < -0.3 is 15.2 Å². The summed E-state index contributed by atoms with van der Waals surface area (Å²) in [5.74, 6) is -1.09. The number of carbonyl (C=O) groups excluding carboxylic acids is 2. The number of amides is 1. The van der Waals surface area contributed by atoms with Crippen molar-refractivity contribution < 1.29 is 19.4 Å². The standard InChI is InChI=1S/C18H19NO4/c1-2-23-18(22)16(12-20)19-17(21)15-11-7-6-10-14(15)13-8-4-3-5-9-13/h3-11,16,20H,2,12H2,1H3,(H,19,21)/t16-/m0/s1. The Hall–Kier alpha value is -2.66. The van der Waals surface area contributed by atoms with Gasteiger partial charge >= 0.3 is 5.97 Å². The van der Waals surface area contributed by atoms with Crippen LogP contribution in [0, 0.1) is 0 Å². The molecule has 0 aliphatic carbocycles. The van der Waals surface area contributed by atoms with Gasteiger partial charge in [-0.2, -0.15) is 0 Å². The van der Waals surface area contributed by atoms with E-state index in [9.17, 15) is 14.7 Å². The Labute approximate surface area is 134 Å². The largest absolute Gasteiger partial charge is 0.464 e. The minimum atomic E-state index is -1.08. The van der Waals surface area contributed by atoms with Gasteiger partial charge in [-0.1, -0.05) is 48.5 Å². The Balaban J connectivity index is 2.25. The van der Waals surface area contributed by atoms with Crippen LogP contribution in [-0.4, -0.2) is 36.2 Å². The zero-order valence-electron chi connectivity index (χ0n) is 12.9. The van der Waals surface area contributed by atoms with E-state index in [1.165, 1.54) is 0 Å². The van der Waals surface area contributed by atoms with Crippen molar-refractivity contribution in [1.29, 1.82) is 0 Å². The van der Waals surface area contributed by atoms with Crippen molar-refractivity contribution in [3.8, 4) is 11.1 Å². The molecule has 0 saturated heterocycles. The van der Waals surface area contributed by atoms with E-state index < -0.39 is 24.5 Å². The molecule has 1 atom stereocenters. The molecule has 0 unspecified atom stereocenters. The second kappa shape index (κ2) is 8.10. The summed E-state index contributed by atoms with van der Waals surface area (Å²) in [6, 6.07) is 15.5. The summed E-state index contributed by atoms with van der Waals surface area (Å²) >= 11 is 0. The van der Waals surface area contributed by atoms with Crippen LogP contribution in [0.3, 0.4) is 0 Å². The molecule has 120 valence electrons. The first-order valence-electron chi connectivity index (χ1n) is 7.40. The summed E-state index contributed by atoms with van der Waals surface area (Å²) in [7, 11) is 0. The molecule has 5 heteroatoms. The number of ether oxygens (including phenoxy) is 1. The van der Waals surface area contributed by atoms with Crippen molar-refractivity contribution in [1.82, 2.24) is 5.32 Å². The van der Waals surface area contributed by atoms with Crippen molar-refractivity contribution in [3.05, 3.63) is 60.2 Å². The topological polar surface area (TPSA) is 75.6 Å². The number of esters is 1. The molecule has 2 rings (SSSR count). The summed E-state index contributed by atoms with van der Waals surface area (Å²) in [5, 5.41) is 11.8. The maximum absolute atomic E-state index is 12.5. The van der Waals surface area contributed by atoms with Crippen LogP contribution in [0.15, 0.2) is 54.6 Å². The third-order valence-corrected chi connectivity index (χ3v) is 3.32. The molecule has 2 N–H and O–H groups in total. The van der Waals surface area contributed by atoms with Gasteiger partial charge in [0.1, 0.15) is 0 Å². The monoisotopic (exact) mass is 313 g/mol. The molecule has 2 aromatic carbocycles. The quantitative estimate of drug-likeness (QED) is 0.800. The second-order valence-electron chi connectivity index (χ2n) is 4.87.